The zero-order chi connectivity index (χ0) is 17.6. The number of nitrogens with zero attached hydrogens (tertiary/aromatic N) is 3. The molecule has 0 spiro atoms. The summed E-state index contributed by atoms with van der Waals surface area (Å²) in [6, 6.07) is 10.3. The van der Waals surface area contributed by atoms with Crippen molar-refractivity contribution < 1.29 is 12.9 Å². The van der Waals surface area contributed by atoms with Crippen molar-refractivity contribution >= 4 is 10.0 Å². The lowest BCUT2D eigenvalue weighted by molar-refractivity contribution is 0.128. The molecule has 2 aliphatic rings. The smallest absolute Gasteiger partial charge is 0.249 e. The van der Waals surface area contributed by atoms with Crippen LogP contribution in [0.4, 0.5) is 0 Å². The molecule has 0 bridgehead atoms. The Balaban J connectivity index is 1.73. The summed E-state index contributed by atoms with van der Waals surface area (Å²) in [5.74, 6) is 0.355. The minimum absolute atomic E-state index is 0.186. The summed E-state index contributed by atoms with van der Waals surface area (Å²) in [7, 11) is -3.66. The number of benzene rings is 1. The second kappa shape index (κ2) is 6.23. The zero-order valence-electron chi connectivity index (χ0n) is 14.6. The van der Waals surface area contributed by atoms with E-state index in [0.29, 0.717) is 24.0 Å². The number of piperazine rings is 1. The third-order valence-corrected chi connectivity index (χ3v) is 7.30. The van der Waals surface area contributed by atoms with E-state index in [4.69, 9.17) is 4.52 Å². The summed E-state index contributed by atoms with van der Waals surface area (Å²) >= 11 is 0. The lowest BCUT2D eigenvalue weighted by Crippen LogP contribution is -2.51. The van der Waals surface area contributed by atoms with Gasteiger partial charge < -0.3 is 4.52 Å². The van der Waals surface area contributed by atoms with Crippen molar-refractivity contribution in [3.63, 3.8) is 0 Å². The zero-order valence-corrected chi connectivity index (χ0v) is 15.4. The molecule has 0 N–H and O–H groups in total. The molecule has 2 heterocycles. The van der Waals surface area contributed by atoms with Crippen molar-refractivity contribution in [2.45, 2.75) is 43.7 Å². The maximum absolute atomic E-state index is 13.4. The molecule has 1 saturated carbocycles. The van der Waals surface area contributed by atoms with Gasteiger partial charge in [0.15, 0.2) is 5.76 Å². The van der Waals surface area contributed by atoms with Crippen molar-refractivity contribution in [3.05, 3.63) is 47.3 Å². The highest BCUT2D eigenvalue weighted by Gasteiger charge is 2.42. The fourth-order valence-electron chi connectivity index (χ4n) is 3.75. The van der Waals surface area contributed by atoms with Crippen LogP contribution >= 0.6 is 0 Å². The second-order valence-electron chi connectivity index (χ2n) is 6.92. The van der Waals surface area contributed by atoms with Gasteiger partial charge in [0.1, 0.15) is 10.6 Å². The van der Waals surface area contributed by atoms with Crippen molar-refractivity contribution in [1.82, 2.24) is 14.4 Å². The third kappa shape index (κ3) is 3.01. The van der Waals surface area contributed by atoms with E-state index in [1.807, 2.05) is 30.3 Å². The van der Waals surface area contributed by atoms with Gasteiger partial charge >= 0.3 is 0 Å². The summed E-state index contributed by atoms with van der Waals surface area (Å²) < 4.78 is 33.5. The molecule has 2 fully saturated rings. The van der Waals surface area contributed by atoms with Crippen molar-refractivity contribution in [1.29, 1.82) is 0 Å². The lowest BCUT2D eigenvalue weighted by atomic mass is 10.0. The Morgan fingerprint density at radius 1 is 1.12 bits per heavy atom. The minimum atomic E-state index is -3.66. The predicted molar refractivity (Wildman–Crippen MR) is 93.6 cm³/mol. The molecular formula is C18H23N3O3S. The lowest BCUT2D eigenvalue weighted by Gasteiger charge is -2.40. The number of sulfonamides is 1. The van der Waals surface area contributed by atoms with E-state index in [-0.39, 0.29) is 10.9 Å². The van der Waals surface area contributed by atoms with Crippen LogP contribution in [-0.4, -0.2) is 48.5 Å². The van der Waals surface area contributed by atoms with Crippen LogP contribution < -0.4 is 0 Å². The van der Waals surface area contributed by atoms with E-state index in [2.05, 4.69) is 10.1 Å². The molecule has 2 aromatic rings. The molecule has 1 aromatic heterocycles. The maximum Gasteiger partial charge on any atom is 0.249 e. The molecule has 1 atom stereocenters. The fourth-order valence-corrected chi connectivity index (χ4v) is 5.64. The normalized spacial score (nSPS) is 23.0. The van der Waals surface area contributed by atoms with E-state index in [0.717, 1.165) is 18.7 Å². The highest BCUT2D eigenvalue weighted by atomic mass is 32.2. The molecule has 1 unspecified atom stereocenters. The first-order chi connectivity index (χ1) is 12.0. The van der Waals surface area contributed by atoms with E-state index in [1.165, 1.54) is 12.8 Å². The first-order valence-electron chi connectivity index (χ1n) is 8.72. The third-order valence-electron chi connectivity index (χ3n) is 5.14. The van der Waals surface area contributed by atoms with Crippen molar-refractivity contribution in [3.8, 4) is 0 Å². The fraction of sp³-hybridized carbons (Fsp3) is 0.500. The molecule has 1 aliphatic carbocycles. The molecule has 0 amide bonds. The van der Waals surface area contributed by atoms with Crippen LogP contribution in [-0.2, 0) is 10.0 Å². The van der Waals surface area contributed by atoms with E-state index in [1.54, 1.807) is 18.2 Å². The topological polar surface area (TPSA) is 66.7 Å². The summed E-state index contributed by atoms with van der Waals surface area (Å²) in [4.78, 5) is 2.64. The van der Waals surface area contributed by atoms with Gasteiger partial charge in [-0.1, -0.05) is 35.5 Å². The number of aromatic nitrogens is 1. The maximum atomic E-state index is 13.4. The molecule has 0 radical (unpaired) electrons. The van der Waals surface area contributed by atoms with Crippen LogP contribution in [0.15, 0.2) is 39.8 Å². The summed E-state index contributed by atoms with van der Waals surface area (Å²) in [5, 5.41) is 3.84. The van der Waals surface area contributed by atoms with E-state index < -0.39 is 10.0 Å². The quantitative estimate of drug-likeness (QED) is 0.837. The number of aryl methyl sites for hydroxylation is 2. The molecule has 25 heavy (non-hydrogen) atoms. The average molecular weight is 361 g/mol. The van der Waals surface area contributed by atoms with Crippen LogP contribution in [0.3, 0.4) is 0 Å². The van der Waals surface area contributed by atoms with Gasteiger partial charge in [-0.15, -0.1) is 0 Å². The number of hydrogen-bond donors (Lipinski definition) is 0. The predicted octanol–water partition coefficient (Wildman–Crippen LogP) is 2.50. The van der Waals surface area contributed by atoms with Crippen molar-refractivity contribution in [2.24, 2.45) is 0 Å². The Morgan fingerprint density at radius 2 is 1.84 bits per heavy atom. The van der Waals surface area contributed by atoms with Gasteiger partial charge in [0.25, 0.3) is 0 Å². The summed E-state index contributed by atoms with van der Waals surface area (Å²) in [6.45, 7) is 5.34. The number of rotatable bonds is 4. The highest BCUT2D eigenvalue weighted by molar-refractivity contribution is 7.89. The van der Waals surface area contributed by atoms with E-state index in [9.17, 15) is 8.42 Å². The van der Waals surface area contributed by atoms with Crippen molar-refractivity contribution in [2.75, 3.05) is 19.6 Å². The Kier molecular flexibility index (Phi) is 4.17. The SMILES string of the molecule is Cc1noc(C)c1S(=O)(=O)N1CCN(C2CC2)CC1c1ccccc1. The standard InChI is InChI=1S/C18H23N3O3S/c1-13-18(14(2)24-19-13)25(22,23)21-11-10-20(16-8-9-16)12-17(21)15-6-4-3-5-7-15/h3-7,16-17H,8-12H2,1-2H3. The first-order valence-corrected chi connectivity index (χ1v) is 10.2. The molecule has 1 saturated heterocycles. The molecule has 7 heteroatoms. The molecule has 1 aromatic carbocycles. The molecular weight excluding hydrogens is 338 g/mol. The Labute approximate surface area is 148 Å². The van der Waals surface area contributed by atoms with Crippen LogP contribution in [0, 0.1) is 13.8 Å². The van der Waals surface area contributed by atoms with Crippen LogP contribution in [0.2, 0.25) is 0 Å². The Hall–Kier alpha value is -1.70. The van der Waals surface area contributed by atoms with Crippen LogP contribution in [0.5, 0.6) is 0 Å². The summed E-state index contributed by atoms with van der Waals surface area (Å²) in [5.41, 5.74) is 1.46. The van der Waals surface area contributed by atoms with Gasteiger partial charge in [-0.3, -0.25) is 4.90 Å². The van der Waals surface area contributed by atoms with Gasteiger partial charge in [0.2, 0.25) is 10.0 Å². The van der Waals surface area contributed by atoms with Crippen LogP contribution in [0.1, 0.15) is 35.9 Å². The number of hydrogen-bond acceptors (Lipinski definition) is 5. The molecule has 1 aliphatic heterocycles. The van der Waals surface area contributed by atoms with Gasteiger partial charge in [-0.2, -0.15) is 4.31 Å². The second-order valence-corrected chi connectivity index (χ2v) is 8.75. The molecule has 134 valence electrons. The minimum Gasteiger partial charge on any atom is -0.360 e. The van der Waals surface area contributed by atoms with Gasteiger partial charge in [-0.25, -0.2) is 8.42 Å². The summed E-state index contributed by atoms with van der Waals surface area (Å²) in [6.07, 6.45) is 2.44. The van der Waals surface area contributed by atoms with Crippen LogP contribution in [0.25, 0.3) is 0 Å². The highest BCUT2D eigenvalue weighted by Crippen LogP contribution is 2.37. The Morgan fingerprint density at radius 3 is 2.44 bits per heavy atom. The largest absolute Gasteiger partial charge is 0.360 e. The molecule has 4 rings (SSSR count). The van der Waals surface area contributed by atoms with Gasteiger partial charge in [0, 0.05) is 25.7 Å². The van der Waals surface area contributed by atoms with E-state index >= 15 is 0 Å². The first kappa shape index (κ1) is 16.8. The Bertz CT molecular complexity index is 839. The molecule has 6 nitrogen and oxygen atoms in total. The van der Waals surface area contributed by atoms with Gasteiger partial charge in [-0.05, 0) is 32.3 Å². The monoisotopic (exact) mass is 361 g/mol. The average Bonchev–Trinajstić information content (AvgIpc) is 3.40. The van der Waals surface area contributed by atoms with Gasteiger partial charge in [0.05, 0.1) is 6.04 Å².